The molecule has 0 saturated heterocycles. The molecule has 0 saturated carbocycles. The minimum atomic E-state index is -1.70. The quantitative estimate of drug-likeness (QED) is 0.313. The first-order valence-electron chi connectivity index (χ1n) is 3.35. The summed E-state index contributed by atoms with van der Waals surface area (Å²) in [4.78, 5) is 19.7. The van der Waals surface area contributed by atoms with Crippen molar-refractivity contribution in [2.45, 2.75) is 0 Å². The summed E-state index contributed by atoms with van der Waals surface area (Å²) in [6, 6.07) is 1.55. The van der Waals surface area contributed by atoms with Crippen molar-refractivity contribution in [1.82, 2.24) is 0 Å². The van der Waals surface area contributed by atoms with Gasteiger partial charge in [0.1, 0.15) is 11.3 Å². The molecule has 2 N–H and O–H groups in total. The van der Waals surface area contributed by atoms with E-state index in [-0.39, 0.29) is 29.6 Å². The summed E-state index contributed by atoms with van der Waals surface area (Å²) < 4.78 is 0. The summed E-state index contributed by atoms with van der Waals surface area (Å²) in [7, 11) is 0. The van der Waals surface area contributed by atoms with E-state index < -0.39 is 33.6 Å². The molecule has 0 heterocycles. The second-order valence-corrected chi connectivity index (χ2v) is 2.37. The van der Waals surface area contributed by atoms with E-state index in [9.17, 15) is 20.0 Å². The Morgan fingerprint density at radius 3 is 2.33 bits per heavy atom. The van der Waals surface area contributed by atoms with Crippen molar-refractivity contribution in [3.63, 3.8) is 0 Å². The van der Waals surface area contributed by atoms with E-state index in [0.29, 0.717) is 0 Å². The Kier molecular flexibility index (Phi) is 4.53. The minimum Gasteiger partial charge on any atom is -0.867 e. The first-order chi connectivity index (χ1) is 6.45. The molecule has 0 fully saturated rings. The minimum absolute atomic E-state index is 0. The average molecular weight is 221 g/mol. The SMILES string of the molecule is O=C(O)c1c(O)ccc([N+](=O)[O-])c1[O-].[Na+]. The van der Waals surface area contributed by atoms with Gasteiger partial charge in [0, 0.05) is 6.07 Å². The summed E-state index contributed by atoms with van der Waals surface area (Å²) in [5.41, 5.74) is -1.86. The van der Waals surface area contributed by atoms with Gasteiger partial charge in [-0.25, -0.2) is 4.79 Å². The molecule has 1 aromatic carbocycles. The number of nitro groups is 1. The smallest absolute Gasteiger partial charge is 0.867 e. The third-order valence-electron chi connectivity index (χ3n) is 1.53. The van der Waals surface area contributed by atoms with Crippen molar-refractivity contribution >= 4 is 11.7 Å². The molecule has 0 bridgehead atoms. The van der Waals surface area contributed by atoms with Crippen LogP contribution in [0.1, 0.15) is 10.4 Å². The molecular formula is C7H4NNaO6. The summed E-state index contributed by atoms with van der Waals surface area (Å²) in [6.45, 7) is 0. The zero-order valence-corrected chi connectivity index (χ0v) is 9.63. The molecule has 0 atom stereocenters. The van der Waals surface area contributed by atoms with Crippen molar-refractivity contribution in [2.24, 2.45) is 0 Å². The van der Waals surface area contributed by atoms with Gasteiger partial charge in [0.05, 0.1) is 4.92 Å². The number of rotatable bonds is 2. The molecule has 74 valence electrons. The van der Waals surface area contributed by atoms with Crippen LogP contribution in [0.3, 0.4) is 0 Å². The number of phenols is 1. The Balaban J connectivity index is 0.00000196. The molecule has 0 spiro atoms. The summed E-state index contributed by atoms with van der Waals surface area (Å²) >= 11 is 0. The van der Waals surface area contributed by atoms with Crippen molar-refractivity contribution < 1.29 is 54.6 Å². The van der Waals surface area contributed by atoms with Crippen molar-refractivity contribution in [2.75, 3.05) is 0 Å². The van der Waals surface area contributed by atoms with Crippen LogP contribution in [-0.4, -0.2) is 21.1 Å². The molecular weight excluding hydrogens is 217 g/mol. The van der Waals surface area contributed by atoms with Crippen molar-refractivity contribution in [3.05, 3.63) is 27.8 Å². The third-order valence-corrected chi connectivity index (χ3v) is 1.53. The number of carboxylic acid groups (broad SMARTS) is 1. The maximum atomic E-state index is 11.1. The first kappa shape index (κ1) is 13.7. The maximum absolute atomic E-state index is 11.1. The van der Waals surface area contributed by atoms with E-state index in [1.165, 1.54) is 0 Å². The molecule has 0 amide bonds. The molecule has 0 aliphatic heterocycles. The zero-order chi connectivity index (χ0) is 10.9. The van der Waals surface area contributed by atoms with Gasteiger partial charge in [-0.2, -0.15) is 0 Å². The largest absolute Gasteiger partial charge is 1.00 e. The van der Waals surface area contributed by atoms with Crippen LogP contribution in [0.25, 0.3) is 0 Å². The number of carbonyl (C=O) groups is 1. The Hall–Kier alpha value is -1.31. The van der Waals surface area contributed by atoms with Crippen LogP contribution in [0.5, 0.6) is 11.5 Å². The number of hydrogen-bond donors (Lipinski definition) is 2. The fourth-order valence-electron chi connectivity index (χ4n) is 0.912. The molecule has 7 nitrogen and oxygen atoms in total. The van der Waals surface area contributed by atoms with Crippen LogP contribution in [0, 0.1) is 10.1 Å². The van der Waals surface area contributed by atoms with E-state index in [0.717, 1.165) is 12.1 Å². The normalized spacial score (nSPS) is 9.07. The predicted molar refractivity (Wildman–Crippen MR) is 41.2 cm³/mol. The maximum Gasteiger partial charge on any atom is 1.00 e. The predicted octanol–water partition coefficient (Wildman–Crippen LogP) is -2.92. The van der Waals surface area contributed by atoms with Gasteiger partial charge < -0.3 is 15.3 Å². The number of carboxylic acids is 1. The molecule has 1 aromatic rings. The topological polar surface area (TPSA) is 124 Å². The monoisotopic (exact) mass is 221 g/mol. The summed E-state index contributed by atoms with van der Waals surface area (Å²) in [6.07, 6.45) is 0. The first-order valence-corrected chi connectivity index (χ1v) is 3.35. The molecule has 0 radical (unpaired) electrons. The van der Waals surface area contributed by atoms with E-state index in [2.05, 4.69) is 0 Å². The van der Waals surface area contributed by atoms with E-state index in [4.69, 9.17) is 10.2 Å². The van der Waals surface area contributed by atoms with Gasteiger partial charge >= 0.3 is 35.5 Å². The Bertz CT molecular complexity index is 418. The van der Waals surface area contributed by atoms with Gasteiger partial charge in [-0.15, -0.1) is 0 Å². The fraction of sp³-hybridized carbons (Fsp3) is 0. The number of nitro benzene ring substituents is 1. The van der Waals surface area contributed by atoms with Gasteiger partial charge in [-0.05, 0) is 11.8 Å². The third kappa shape index (κ3) is 2.58. The van der Waals surface area contributed by atoms with Gasteiger partial charge in [0.25, 0.3) is 5.69 Å². The number of benzene rings is 1. The summed E-state index contributed by atoms with van der Waals surface area (Å²) in [5, 5.41) is 38.8. The van der Waals surface area contributed by atoms with Crippen molar-refractivity contribution in [1.29, 1.82) is 0 Å². The molecule has 8 heteroatoms. The van der Waals surface area contributed by atoms with Crippen LogP contribution >= 0.6 is 0 Å². The Morgan fingerprint density at radius 1 is 1.40 bits per heavy atom. The summed E-state index contributed by atoms with van der Waals surface area (Å²) in [5.74, 6) is -3.79. The zero-order valence-electron chi connectivity index (χ0n) is 7.63. The standard InChI is InChI=1S/C7H5NO6.Na/c9-4-2-1-3(8(13)14)6(10)5(4)7(11)12;/h1-2,9-10H,(H,11,12);/q;+1/p-1. The Labute approximate surface area is 105 Å². The van der Waals surface area contributed by atoms with Crippen LogP contribution in [-0.2, 0) is 0 Å². The second kappa shape index (κ2) is 4.96. The fourth-order valence-corrected chi connectivity index (χ4v) is 0.912. The molecule has 0 aromatic heterocycles. The molecule has 0 unspecified atom stereocenters. The van der Waals surface area contributed by atoms with Gasteiger partial charge in [0.15, 0.2) is 0 Å². The van der Waals surface area contributed by atoms with Crippen LogP contribution in [0.15, 0.2) is 12.1 Å². The van der Waals surface area contributed by atoms with Gasteiger partial charge in [-0.1, -0.05) is 0 Å². The van der Waals surface area contributed by atoms with E-state index in [1.807, 2.05) is 0 Å². The van der Waals surface area contributed by atoms with Crippen LogP contribution < -0.4 is 34.7 Å². The molecule has 15 heavy (non-hydrogen) atoms. The molecule has 1 rings (SSSR count). The van der Waals surface area contributed by atoms with Gasteiger partial charge in [0.2, 0.25) is 0 Å². The molecule has 0 aliphatic carbocycles. The number of aromatic carboxylic acids is 1. The van der Waals surface area contributed by atoms with Crippen LogP contribution in [0.4, 0.5) is 5.69 Å². The van der Waals surface area contributed by atoms with Gasteiger partial charge in [-0.3, -0.25) is 10.1 Å². The van der Waals surface area contributed by atoms with E-state index in [1.54, 1.807) is 0 Å². The number of hydrogen-bond acceptors (Lipinski definition) is 5. The number of aromatic hydroxyl groups is 1. The molecule has 0 aliphatic rings. The number of nitrogens with zero attached hydrogens (tertiary/aromatic N) is 1. The Morgan fingerprint density at radius 2 is 1.93 bits per heavy atom. The average Bonchev–Trinajstić information content (AvgIpc) is 2.02. The second-order valence-electron chi connectivity index (χ2n) is 2.37. The van der Waals surface area contributed by atoms with E-state index >= 15 is 0 Å². The van der Waals surface area contributed by atoms with Crippen LogP contribution in [0.2, 0.25) is 0 Å². The van der Waals surface area contributed by atoms with Crippen molar-refractivity contribution in [3.8, 4) is 11.5 Å².